The van der Waals surface area contributed by atoms with Gasteiger partial charge in [0.15, 0.2) is 17.9 Å². The first-order chi connectivity index (χ1) is 17.0. The maximum atomic E-state index is 14.9. The van der Waals surface area contributed by atoms with Gasteiger partial charge >= 0.3 is 0 Å². The van der Waals surface area contributed by atoms with E-state index >= 15 is 0 Å². The second-order valence-corrected chi connectivity index (χ2v) is 8.85. The molecule has 1 aliphatic rings. The van der Waals surface area contributed by atoms with Crippen LogP contribution in [0.5, 0.6) is 5.75 Å². The van der Waals surface area contributed by atoms with Crippen LogP contribution in [0.4, 0.5) is 13.2 Å². The van der Waals surface area contributed by atoms with E-state index in [2.05, 4.69) is 6.92 Å². The molecule has 0 unspecified atom stereocenters. The third-order valence-electron chi connectivity index (χ3n) is 6.31. The second kappa shape index (κ2) is 11.7. The Morgan fingerprint density at radius 3 is 2.14 bits per heavy atom. The average Bonchev–Trinajstić information content (AvgIpc) is 2.88. The molecule has 3 aromatic carbocycles. The highest BCUT2D eigenvalue weighted by Crippen LogP contribution is 2.34. The Bertz CT molecular complexity index is 1120. The van der Waals surface area contributed by atoms with Gasteiger partial charge in [-0.2, -0.15) is 4.39 Å². The van der Waals surface area contributed by atoms with Gasteiger partial charge in [-0.1, -0.05) is 62.6 Å². The van der Waals surface area contributed by atoms with E-state index in [0.717, 1.165) is 18.4 Å². The maximum Gasteiger partial charge on any atom is 0.201 e. The molecule has 0 amide bonds. The number of rotatable bonds is 9. The predicted octanol–water partition coefficient (Wildman–Crippen LogP) is 8.08. The SMILES string of the molecule is CCCCCC1COC(c2ccc(-c3ccc(-c4ccc(OCC)c(F)c4F)cc3)cc2F)OC1. The van der Waals surface area contributed by atoms with Crippen molar-refractivity contribution in [3.8, 4) is 28.0 Å². The summed E-state index contributed by atoms with van der Waals surface area (Å²) in [5.74, 6) is -2.13. The lowest BCUT2D eigenvalue weighted by atomic mass is 9.98. The van der Waals surface area contributed by atoms with Crippen molar-refractivity contribution < 1.29 is 27.4 Å². The molecule has 0 aliphatic carbocycles. The molecular weight excluding hydrogens is 453 g/mol. The Hall–Kier alpha value is -2.83. The van der Waals surface area contributed by atoms with Crippen LogP contribution in [0.1, 0.15) is 51.4 Å². The number of hydrogen-bond acceptors (Lipinski definition) is 3. The summed E-state index contributed by atoms with van der Waals surface area (Å²) in [4.78, 5) is 0. The highest BCUT2D eigenvalue weighted by atomic mass is 19.2. The quantitative estimate of drug-likeness (QED) is 0.287. The Morgan fingerprint density at radius 2 is 1.49 bits per heavy atom. The Labute approximate surface area is 204 Å². The van der Waals surface area contributed by atoms with Crippen molar-refractivity contribution in [2.45, 2.75) is 45.8 Å². The van der Waals surface area contributed by atoms with E-state index in [4.69, 9.17) is 14.2 Å². The van der Waals surface area contributed by atoms with E-state index in [0.29, 0.717) is 35.8 Å². The summed E-state index contributed by atoms with van der Waals surface area (Å²) in [6.45, 7) is 5.27. The third kappa shape index (κ3) is 5.88. The van der Waals surface area contributed by atoms with Crippen LogP contribution >= 0.6 is 0 Å². The van der Waals surface area contributed by atoms with Crippen LogP contribution in [-0.4, -0.2) is 19.8 Å². The van der Waals surface area contributed by atoms with Gasteiger partial charge < -0.3 is 14.2 Å². The standard InChI is InChI=1S/C29H31F3O3/c1-3-5-6-7-19-17-34-29(35-18-19)24-13-12-22(16-25(24)30)20-8-10-21(11-9-20)23-14-15-26(33-4-2)28(32)27(23)31/h8-16,19,29H,3-7,17-18H2,1-2H3. The van der Waals surface area contributed by atoms with Gasteiger partial charge in [0, 0.05) is 17.0 Å². The zero-order chi connectivity index (χ0) is 24.8. The molecule has 1 fully saturated rings. The molecule has 186 valence electrons. The van der Waals surface area contributed by atoms with E-state index < -0.39 is 23.7 Å². The van der Waals surface area contributed by atoms with Gasteiger partial charge in [0.25, 0.3) is 0 Å². The molecule has 1 heterocycles. The smallest absolute Gasteiger partial charge is 0.201 e. The Kier molecular flexibility index (Phi) is 8.47. The first kappa shape index (κ1) is 25.3. The van der Waals surface area contributed by atoms with Gasteiger partial charge in [-0.3, -0.25) is 0 Å². The molecule has 0 radical (unpaired) electrons. The first-order valence-corrected chi connectivity index (χ1v) is 12.3. The fourth-order valence-electron chi connectivity index (χ4n) is 4.33. The predicted molar refractivity (Wildman–Crippen MR) is 131 cm³/mol. The molecule has 0 spiro atoms. The summed E-state index contributed by atoms with van der Waals surface area (Å²) in [5.41, 5.74) is 2.46. The maximum absolute atomic E-state index is 14.9. The van der Waals surface area contributed by atoms with Crippen molar-refractivity contribution in [2.75, 3.05) is 19.8 Å². The fourth-order valence-corrected chi connectivity index (χ4v) is 4.33. The van der Waals surface area contributed by atoms with Crippen LogP contribution in [0.2, 0.25) is 0 Å². The number of unbranched alkanes of at least 4 members (excludes halogenated alkanes) is 2. The van der Waals surface area contributed by atoms with Gasteiger partial charge in [-0.05, 0) is 48.2 Å². The molecule has 0 saturated carbocycles. The lowest BCUT2D eigenvalue weighted by Crippen LogP contribution is -2.27. The molecular formula is C29H31F3O3. The zero-order valence-electron chi connectivity index (χ0n) is 20.2. The number of ether oxygens (including phenoxy) is 3. The summed E-state index contributed by atoms with van der Waals surface area (Å²) >= 11 is 0. The van der Waals surface area contributed by atoms with Gasteiger partial charge in [-0.15, -0.1) is 0 Å². The normalized spacial score (nSPS) is 18.0. The molecule has 6 heteroatoms. The largest absolute Gasteiger partial charge is 0.491 e. The van der Waals surface area contributed by atoms with E-state index in [9.17, 15) is 13.2 Å². The van der Waals surface area contributed by atoms with Crippen molar-refractivity contribution in [3.63, 3.8) is 0 Å². The van der Waals surface area contributed by atoms with E-state index in [1.165, 1.54) is 31.0 Å². The van der Waals surface area contributed by atoms with Crippen LogP contribution in [0.3, 0.4) is 0 Å². The number of hydrogen-bond donors (Lipinski definition) is 0. The summed E-state index contributed by atoms with van der Waals surface area (Å²) in [6, 6.07) is 14.7. The topological polar surface area (TPSA) is 27.7 Å². The molecule has 3 aromatic rings. The van der Waals surface area contributed by atoms with E-state index in [1.807, 2.05) is 6.07 Å². The van der Waals surface area contributed by atoms with Gasteiger partial charge in [0.05, 0.1) is 19.8 Å². The fraction of sp³-hybridized carbons (Fsp3) is 0.379. The highest BCUT2D eigenvalue weighted by Gasteiger charge is 2.25. The number of halogens is 3. The first-order valence-electron chi connectivity index (χ1n) is 12.3. The molecule has 4 rings (SSSR count). The summed E-state index contributed by atoms with van der Waals surface area (Å²) in [6.07, 6.45) is 3.88. The van der Waals surface area contributed by atoms with E-state index in [1.54, 1.807) is 37.3 Å². The van der Waals surface area contributed by atoms with Crippen LogP contribution < -0.4 is 4.74 Å². The minimum Gasteiger partial charge on any atom is -0.491 e. The number of benzene rings is 3. The van der Waals surface area contributed by atoms with Crippen LogP contribution in [0, 0.1) is 23.4 Å². The lowest BCUT2D eigenvalue weighted by Gasteiger charge is -2.30. The Morgan fingerprint density at radius 1 is 0.800 bits per heavy atom. The molecule has 0 aromatic heterocycles. The molecule has 1 aliphatic heterocycles. The van der Waals surface area contributed by atoms with Crippen molar-refractivity contribution >= 4 is 0 Å². The molecule has 1 saturated heterocycles. The monoisotopic (exact) mass is 484 g/mol. The molecule has 0 N–H and O–H groups in total. The minimum absolute atomic E-state index is 0.112. The molecule has 0 atom stereocenters. The van der Waals surface area contributed by atoms with Gasteiger partial charge in [0.1, 0.15) is 5.82 Å². The van der Waals surface area contributed by atoms with Crippen molar-refractivity contribution in [1.29, 1.82) is 0 Å². The highest BCUT2D eigenvalue weighted by molar-refractivity contribution is 5.71. The third-order valence-corrected chi connectivity index (χ3v) is 6.31. The summed E-state index contributed by atoms with van der Waals surface area (Å²) in [5, 5.41) is 0. The van der Waals surface area contributed by atoms with Crippen LogP contribution in [0.25, 0.3) is 22.3 Å². The molecule has 35 heavy (non-hydrogen) atoms. The van der Waals surface area contributed by atoms with Crippen molar-refractivity contribution in [2.24, 2.45) is 5.92 Å². The summed E-state index contributed by atoms with van der Waals surface area (Å²) in [7, 11) is 0. The molecule has 3 nitrogen and oxygen atoms in total. The Balaban J connectivity index is 1.44. The van der Waals surface area contributed by atoms with Gasteiger partial charge in [-0.25, -0.2) is 8.78 Å². The molecule has 0 bridgehead atoms. The lowest BCUT2D eigenvalue weighted by molar-refractivity contribution is -0.207. The van der Waals surface area contributed by atoms with E-state index in [-0.39, 0.29) is 17.9 Å². The minimum atomic E-state index is -1.01. The van der Waals surface area contributed by atoms with Crippen molar-refractivity contribution in [3.05, 3.63) is 77.6 Å². The van der Waals surface area contributed by atoms with Crippen LogP contribution in [-0.2, 0) is 9.47 Å². The van der Waals surface area contributed by atoms with Crippen LogP contribution in [0.15, 0.2) is 54.6 Å². The average molecular weight is 485 g/mol. The zero-order valence-corrected chi connectivity index (χ0v) is 20.2. The van der Waals surface area contributed by atoms with Crippen molar-refractivity contribution in [1.82, 2.24) is 0 Å². The summed E-state index contributed by atoms with van der Waals surface area (Å²) < 4.78 is 60.4. The van der Waals surface area contributed by atoms with Gasteiger partial charge in [0.2, 0.25) is 5.82 Å². The second-order valence-electron chi connectivity index (χ2n) is 8.85.